The summed E-state index contributed by atoms with van der Waals surface area (Å²) in [6.45, 7) is 6.18. The van der Waals surface area contributed by atoms with Crippen molar-refractivity contribution in [2.45, 2.75) is 44.8 Å². The van der Waals surface area contributed by atoms with Gasteiger partial charge in [0.05, 0.1) is 5.69 Å². The molecule has 0 radical (unpaired) electrons. The highest BCUT2D eigenvalue weighted by Gasteiger charge is 2.43. The molecule has 1 aromatic heterocycles. The highest BCUT2D eigenvalue weighted by molar-refractivity contribution is 5.64. The number of halogens is 5. The lowest BCUT2D eigenvalue weighted by molar-refractivity contribution is -0.137. The number of aryl methyl sites for hydroxylation is 1. The van der Waals surface area contributed by atoms with E-state index in [1.807, 2.05) is 0 Å². The number of nitrogens with one attached hydrogen (secondary N) is 1. The first kappa shape index (κ1) is 24.4. The van der Waals surface area contributed by atoms with Crippen LogP contribution in [0.3, 0.4) is 0 Å². The van der Waals surface area contributed by atoms with E-state index in [9.17, 15) is 22.0 Å². The van der Waals surface area contributed by atoms with Crippen LogP contribution >= 0.6 is 0 Å². The fraction of sp³-hybridized carbons (Fsp3) is 0.600. The van der Waals surface area contributed by atoms with Crippen LogP contribution in [0.5, 0.6) is 0 Å². The summed E-state index contributed by atoms with van der Waals surface area (Å²) in [6, 6.07) is 2.86. The van der Waals surface area contributed by atoms with Crippen LogP contribution in [-0.4, -0.2) is 54.0 Å². The zero-order chi connectivity index (χ0) is 24.7. The van der Waals surface area contributed by atoms with Crippen LogP contribution in [0.2, 0.25) is 0 Å². The molecule has 3 heterocycles. The fourth-order valence-electron chi connectivity index (χ4n) is 5.91. The monoisotopic (exact) mass is 496 g/mol. The summed E-state index contributed by atoms with van der Waals surface area (Å²) in [6.07, 6.45) is -1.00. The van der Waals surface area contributed by atoms with Gasteiger partial charge in [0.1, 0.15) is 5.56 Å². The van der Waals surface area contributed by atoms with Crippen LogP contribution in [0.1, 0.15) is 36.8 Å². The minimum atomic E-state index is -4.72. The summed E-state index contributed by atoms with van der Waals surface area (Å²) >= 11 is 0. The first-order valence-corrected chi connectivity index (χ1v) is 12.1. The van der Waals surface area contributed by atoms with Crippen LogP contribution in [0.15, 0.2) is 18.2 Å². The van der Waals surface area contributed by atoms with Gasteiger partial charge in [-0.05, 0) is 74.1 Å². The molecule has 190 valence electrons. The number of aromatic nitrogens is 2. The van der Waals surface area contributed by atoms with Crippen molar-refractivity contribution in [2.75, 3.05) is 38.2 Å². The number of ether oxygens (including phenoxy) is 1. The van der Waals surface area contributed by atoms with Gasteiger partial charge in [-0.1, -0.05) is 0 Å². The first-order chi connectivity index (χ1) is 16.7. The standard InChI is InChI=1S/C25H29F5N4O/c1-14-6-19(23(27)21(26)7-14)22-10-20(25(28,29)30)24(33-32-22)31-18-8-16-12-34(13-17(16)9-18)11-15-2-4-35-5-3-15/h6-7,10,15-18H,2-5,8-9,11-13H2,1H3,(H,31,33). The second kappa shape index (κ2) is 9.61. The Morgan fingerprint density at radius 2 is 1.71 bits per heavy atom. The Morgan fingerprint density at radius 1 is 1.03 bits per heavy atom. The zero-order valence-electron chi connectivity index (χ0n) is 19.5. The molecule has 2 atom stereocenters. The van der Waals surface area contributed by atoms with Crippen molar-refractivity contribution >= 4 is 5.82 Å². The van der Waals surface area contributed by atoms with Gasteiger partial charge in [-0.3, -0.25) is 0 Å². The Morgan fingerprint density at radius 3 is 2.37 bits per heavy atom. The maximum absolute atomic E-state index is 14.3. The molecule has 3 fully saturated rings. The fourth-order valence-corrected chi connectivity index (χ4v) is 5.91. The highest BCUT2D eigenvalue weighted by Crippen LogP contribution is 2.42. The quantitative estimate of drug-likeness (QED) is 0.570. The first-order valence-electron chi connectivity index (χ1n) is 12.1. The van der Waals surface area contributed by atoms with Crippen molar-refractivity contribution < 1.29 is 26.7 Å². The molecule has 5 rings (SSSR count). The smallest absolute Gasteiger partial charge is 0.381 e. The summed E-state index contributed by atoms with van der Waals surface area (Å²) in [5.41, 5.74) is -1.34. The Labute approximate surface area is 201 Å². The van der Waals surface area contributed by atoms with Gasteiger partial charge in [-0.2, -0.15) is 13.2 Å². The average molecular weight is 497 g/mol. The number of hydrogen-bond donors (Lipinski definition) is 1. The number of alkyl halides is 3. The zero-order valence-corrected chi connectivity index (χ0v) is 19.5. The average Bonchev–Trinajstić information content (AvgIpc) is 3.34. The summed E-state index contributed by atoms with van der Waals surface area (Å²) in [4.78, 5) is 2.49. The van der Waals surface area contributed by atoms with Crippen molar-refractivity contribution in [1.29, 1.82) is 0 Å². The third-order valence-corrected chi connectivity index (χ3v) is 7.57. The van der Waals surface area contributed by atoms with Gasteiger partial charge in [0.2, 0.25) is 0 Å². The van der Waals surface area contributed by atoms with Gasteiger partial charge in [0.15, 0.2) is 17.5 Å². The molecule has 2 saturated heterocycles. The predicted octanol–water partition coefficient (Wildman–Crippen LogP) is 5.30. The molecule has 2 unspecified atom stereocenters. The van der Waals surface area contributed by atoms with Crippen molar-refractivity contribution in [3.05, 3.63) is 41.0 Å². The lowest BCUT2D eigenvalue weighted by atomic mass is 10.00. The Kier molecular flexibility index (Phi) is 6.69. The van der Waals surface area contributed by atoms with E-state index >= 15 is 0 Å². The molecule has 1 aliphatic carbocycles. The van der Waals surface area contributed by atoms with Gasteiger partial charge in [0.25, 0.3) is 0 Å². The van der Waals surface area contributed by atoms with Crippen molar-refractivity contribution in [3.8, 4) is 11.3 Å². The molecule has 2 aromatic rings. The molecule has 2 aliphatic heterocycles. The van der Waals surface area contributed by atoms with Gasteiger partial charge < -0.3 is 15.0 Å². The van der Waals surface area contributed by atoms with Crippen molar-refractivity contribution in [3.63, 3.8) is 0 Å². The molecular formula is C25H29F5N4O. The SMILES string of the molecule is Cc1cc(F)c(F)c(-c2cc(C(F)(F)F)c(NC3CC4CN(CC5CCOCC5)CC4C3)nn2)c1. The number of likely N-dealkylation sites (tertiary alicyclic amines) is 1. The van der Waals surface area contributed by atoms with Crippen LogP contribution < -0.4 is 5.32 Å². The maximum Gasteiger partial charge on any atom is 0.420 e. The third-order valence-electron chi connectivity index (χ3n) is 7.57. The van der Waals surface area contributed by atoms with E-state index in [2.05, 4.69) is 20.4 Å². The number of benzene rings is 1. The maximum atomic E-state index is 14.3. The molecule has 35 heavy (non-hydrogen) atoms. The minimum Gasteiger partial charge on any atom is -0.381 e. The van der Waals surface area contributed by atoms with Crippen molar-refractivity contribution in [2.24, 2.45) is 17.8 Å². The second-order valence-corrected chi connectivity index (χ2v) is 10.2. The van der Waals surface area contributed by atoms with Gasteiger partial charge in [-0.15, -0.1) is 10.2 Å². The molecule has 3 aliphatic rings. The minimum absolute atomic E-state index is 0.135. The van der Waals surface area contributed by atoms with E-state index in [4.69, 9.17) is 4.74 Å². The number of rotatable bonds is 5. The lowest BCUT2D eigenvalue weighted by Gasteiger charge is -2.28. The Balaban J connectivity index is 1.28. The molecule has 0 amide bonds. The number of hydrogen-bond acceptors (Lipinski definition) is 5. The van der Waals surface area contributed by atoms with E-state index in [1.54, 1.807) is 0 Å². The Bertz CT molecular complexity index is 1060. The third kappa shape index (κ3) is 5.28. The second-order valence-electron chi connectivity index (χ2n) is 10.2. The normalized spacial score (nSPS) is 25.7. The lowest BCUT2D eigenvalue weighted by Crippen LogP contribution is -2.32. The number of nitrogens with zero attached hydrogens (tertiary/aromatic N) is 3. The molecule has 0 spiro atoms. The van der Waals surface area contributed by atoms with E-state index in [1.165, 1.54) is 13.0 Å². The largest absolute Gasteiger partial charge is 0.420 e. The molecule has 1 aromatic carbocycles. The molecule has 10 heteroatoms. The number of fused-ring (bicyclic) bond motifs is 1. The summed E-state index contributed by atoms with van der Waals surface area (Å²) in [7, 11) is 0. The highest BCUT2D eigenvalue weighted by atomic mass is 19.4. The Hall–Kier alpha value is -2.33. The summed E-state index contributed by atoms with van der Waals surface area (Å²) in [5.74, 6) is -1.20. The van der Waals surface area contributed by atoms with Crippen LogP contribution in [0.4, 0.5) is 27.8 Å². The van der Waals surface area contributed by atoms with Crippen LogP contribution in [0, 0.1) is 36.3 Å². The van der Waals surface area contributed by atoms with Gasteiger partial charge in [0, 0.05) is 44.5 Å². The molecular weight excluding hydrogens is 467 g/mol. The molecule has 0 bridgehead atoms. The van der Waals surface area contributed by atoms with E-state index in [0.29, 0.717) is 23.3 Å². The molecule has 5 nitrogen and oxygen atoms in total. The topological polar surface area (TPSA) is 50.3 Å². The van der Waals surface area contributed by atoms with Gasteiger partial charge >= 0.3 is 6.18 Å². The van der Waals surface area contributed by atoms with E-state index < -0.39 is 23.4 Å². The summed E-state index contributed by atoms with van der Waals surface area (Å²) < 4.78 is 75.2. The van der Waals surface area contributed by atoms with Gasteiger partial charge in [-0.25, -0.2) is 8.78 Å². The molecule has 1 saturated carbocycles. The summed E-state index contributed by atoms with van der Waals surface area (Å²) in [5, 5.41) is 10.6. The van der Waals surface area contributed by atoms with E-state index in [-0.39, 0.29) is 23.1 Å². The van der Waals surface area contributed by atoms with E-state index in [0.717, 1.165) is 70.7 Å². The van der Waals surface area contributed by atoms with Crippen molar-refractivity contribution in [1.82, 2.24) is 15.1 Å². The van der Waals surface area contributed by atoms with Crippen LogP contribution in [-0.2, 0) is 10.9 Å². The molecule has 1 N–H and O–H groups in total. The number of anilines is 1. The predicted molar refractivity (Wildman–Crippen MR) is 121 cm³/mol. The van der Waals surface area contributed by atoms with Crippen LogP contribution in [0.25, 0.3) is 11.3 Å².